The Balaban J connectivity index is 1.55. The van der Waals surface area contributed by atoms with Gasteiger partial charge in [-0.3, -0.25) is 30.2 Å². The van der Waals surface area contributed by atoms with Gasteiger partial charge in [0, 0.05) is 41.2 Å². The number of H-pyrrole nitrogens is 3. The molecule has 164 valence electrons. The Morgan fingerprint density at radius 3 is 2.64 bits per heavy atom. The van der Waals surface area contributed by atoms with Crippen molar-refractivity contribution in [1.29, 1.82) is 0 Å². The van der Waals surface area contributed by atoms with Gasteiger partial charge in [-0.05, 0) is 25.1 Å². The molecule has 3 heterocycles. The lowest BCUT2D eigenvalue weighted by Crippen LogP contribution is -2.03. The van der Waals surface area contributed by atoms with Gasteiger partial charge in [0.25, 0.3) is 11.2 Å². The van der Waals surface area contributed by atoms with E-state index < -0.39 is 4.92 Å². The monoisotopic (exact) mass is 443 g/mol. The highest BCUT2D eigenvalue weighted by atomic mass is 16.6. The largest absolute Gasteiger partial charge is 0.324 e. The van der Waals surface area contributed by atoms with Crippen LogP contribution >= 0.6 is 0 Å². The maximum absolute atomic E-state index is 11.7. The molecule has 12 heteroatoms. The number of nitro benzene ring substituents is 1. The first-order chi connectivity index (χ1) is 15.9. The van der Waals surface area contributed by atoms with Crippen molar-refractivity contribution in [3.8, 4) is 11.3 Å². The predicted octanol–water partition coefficient (Wildman–Crippen LogP) is 3.74. The first kappa shape index (κ1) is 19.9. The van der Waals surface area contributed by atoms with E-state index in [0.717, 1.165) is 5.69 Å². The highest BCUT2D eigenvalue weighted by molar-refractivity contribution is 5.82. The third-order valence-corrected chi connectivity index (χ3v) is 4.87. The van der Waals surface area contributed by atoms with E-state index in [2.05, 4.69) is 41.0 Å². The van der Waals surface area contributed by atoms with Gasteiger partial charge < -0.3 is 10.6 Å². The average Bonchev–Trinajstić information content (AvgIpc) is 3.38. The highest BCUT2D eigenvalue weighted by Crippen LogP contribution is 2.27. The minimum atomic E-state index is -0.456. The molecule has 0 bridgehead atoms. The molecule has 2 aromatic carbocycles. The van der Waals surface area contributed by atoms with E-state index in [0.29, 0.717) is 39.5 Å². The Labute approximate surface area is 185 Å². The van der Waals surface area contributed by atoms with E-state index in [1.54, 1.807) is 36.4 Å². The van der Waals surface area contributed by atoms with E-state index in [4.69, 9.17) is 0 Å². The number of aryl methyl sites for hydroxylation is 1. The van der Waals surface area contributed by atoms with Crippen molar-refractivity contribution in [1.82, 2.24) is 30.4 Å². The minimum absolute atomic E-state index is 0.0417. The lowest BCUT2D eigenvalue weighted by molar-refractivity contribution is -0.384. The number of nitrogens with zero attached hydrogens (tertiary/aromatic N) is 4. The summed E-state index contributed by atoms with van der Waals surface area (Å²) in [4.78, 5) is 31.6. The third-order valence-electron chi connectivity index (χ3n) is 4.87. The number of fused-ring (bicyclic) bond motifs is 1. The van der Waals surface area contributed by atoms with E-state index in [1.807, 2.05) is 13.0 Å². The average molecular weight is 443 g/mol. The van der Waals surface area contributed by atoms with Crippen LogP contribution in [0.4, 0.5) is 29.0 Å². The minimum Gasteiger partial charge on any atom is -0.324 e. The molecule has 0 spiro atoms. The Morgan fingerprint density at radius 1 is 0.970 bits per heavy atom. The van der Waals surface area contributed by atoms with Crippen LogP contribution in [0.25, 0.3) is 22.2 Å². The Bertz CT molecular complexity index is 1550. The maximum atomic E-state index is 11.7. The summed E-state index contributed by atoms with van der Waals surface area (Å²) in [5.74, 6) is 1.26. The molecule has 3 aromatic heterocycles. The molecule has 5 rings (SSSR count). The van der Waals surface area contributed by atoms with Gasteiger partial charge in [-0.1, -0.05) is 12.1 Å². The second-order valence-corrected chi connectivity index (χ2v) is 7.30. The Kier molecular flexibility index (Phi) is 4.79. The molecule has 0 fully saturated rings. The van der Waals surface area contributed by atoms with Gasteiger partial charge in [0.2, 0.25) is 5.95 Å². The van der Waals surface area contributed by atoms with Crippen LogP contribution < -0.4 is 16.2 Å². The van der Waals surface area contributed by atoms with Gasteiger partial charge in [-0.15, -0.1) is 0 Å². The molecule has 0 saturated heterocycles. The number of aromatic amines is 3. The Hall–Kier alpha value is -5.00. The summed E-state index contributed by atoms with van der Waals surface area (Å²) in [6.45, 7) is 1.88. The highest BCUT2D eigenvalue weighted by Gasteiger charge is 2.13. The molecule has 0 radical (unpaired) electrons. The first-order valence-corrected chi connectivity index (χ1v) is 9.85. The van der Waals surface area contributed by atoms with Gasteiger partial charge in [-0.25, -0.2) is 4.98 Å². The Morgan fingerprint density at radius 2 is 1.85 bits per heavy atom. The van der Waals surface area contributed by atoms with Crippen molar-refractivity contribution < 1.29 is 4.92 Å². The second-order valence-electron chi connectivity index (χ2n) is 7.30. The fourth-order valence-corrected chi connectivity index (χ4v) is 3.35. The van der Waals surface area contributed by atoms with Crippen molar-refractivity contribution in [2.24, 2.45) is 0 Å². The molecule has 0 atom stereocenters. The van der Waals surface area contributed by atoms with Crippen LogP contribution in [0.2, 0.25) is 0 Å². The van der Waals surface area contributed by atoms with E-state index >= 15 is 0 Å². The zero-order chi connectivity index (χ0) is 22.9. The van der Waals surface area contributed by atoms with E-state index in [9.17, 15) is 14.9 Å². The van der Waals surface area contributed by atoms with E-state index in [-0.39, 0.29) is 17.2 Å². The fraction of sp³-hybridized carbons (Fsp3) is 0.0476. The molecular formula is C21H17N9O3. The molecule has 0 aliphatic heterocycles. The normalized spacial score (nSPS) is 10.9. The predicted molar refractivity (Wildman–Crippen MR) is 123 cm³/mol. The molecule has 0 unspecified atom stereocenters. The smallest absolute Gasteiger partial charge is 0.271 e. The van der Waals surface area contributed by atoms with Gasteiger partial charge in [-0.2, -0.15) is 10.1 Å². The summed E-state index contributed by atoms with van der Waals surface area (Å²) < 4.78 is 0. The zero-order valence-electron chi connectivity index (χ0n) is 17.2. The molecule has 0 amide bonds. The maximum Gasteiger partial charge on any atom is 0.271 e. The standard InChI is InChI=1S/C21H17N9O3/c1-11-7-19(28-26-11)24-18-10-16(12-3-2-4-14(8-12)30(32)33)23-21(25-18)22-13-5-6-15-17(9-13)27-29-20(15)31/h2-10H,1H3,(H2,27,29,31)(H3,22,23,24,25,26,28). The molecule has 33 heavy (non-hydrogen) atoms. The van der Waals surface area contributed by atoms with Crippen LogP contribution in [0.3, 0.4) is 0 Å². The summed E-state index contributed by atoms with van der Waals surface area (Å²) >= 11 is 0. The quantitative estimate of drug-likeness (QED) is 0.195. The lowest BCUT2D eigenvalue weighted by Gasteiger charge is -2.11. The van der Waals surface area contributed by atoms with Crippen LogP contribution in [-0.4, -0.2) is 35.3 Å². The number of non-ortho nitro benzene ring substituents is 1. The van der Waals surface area contributed by atoms with Gasteiger partial charge in [0.1, 0.15) is 5.82 Å². The fourth-order valence-electron chi connectivity index (χ4n) is 3.35. The van der Waals surface area contributed by atoms with Crippen LogP contribution in [0.15, 0.2) is 59.4 Å². The number of rotatable bonds is 6. The van der Waals surface area contributed by atoms with Gasteiger partial charge in [0.15, 0.2) is 5.82 Å². The summed E-state index contributed by atoms with van der Waals surface area (Å²) in [5, 5.41) is 30.3. The molecule has 0 aliphatic carbocycles. The second kappa shape index (κ2) is 7.92. The van der Waals surface area contributed by atoms with Crippen molar-refractivity contribution in [2.75, 3.05) is 10.6 Å². The van der Waals surface area contributed by atoms with E-state index in [1.165, 1.54) is 12.1 Å². The number of benzene rings is 2. The van der Waals surface area contributed by atoms with Gasteiger partial charge in [0.05, 0.1) is 21.5 Å². The van der Waals surface area contributed by atoms with Crippen molar-refractivity contribution in [3.05, 3.63) is 80.8 Å². The summed E-state index contributed by atoms with van der Waals surface area (Å²) in [7, 11) is 0. The summed E-state index contributed by atoms with van der Waals surface area (Å²) in [6.07, 6.45) is 0. The molecule has 0 aliphatic rings. The van der Waals surface area contributed by atoms with Crippen LogP contribution in [0.5, 0.6) is 0 Å². The SMILES string of the molecule is Cc1cc(Nc2cc(-c3cccc([N+](=O)[O-])c3)nc(Nc3ccc4c(=O)[nH][nH]c4c3)n2)n[nH]1. The summed E-state index contributed by atoms with van der Waals surface area (Å²) in [6, 6.07) is 14.9. The molecule has 5 aromatic rings. The molecule has 0 saturated carbocycles. The molecule has 12 nitrogen and oxygen atoms in total. The first-order valence-electron chi connectivity index (χ1n) is 9.85. The van der Waals surface area contributed by atoms with Gasteiger partial charge >= 0.3 is 0 Å². The van der Waals surface area contributed by atoms with Crippen molar-refractivity contribution in [3.63, 3.8) is 0 Å². The zero-order valence-corrected chi connectivity index (χ0v) is 17.2. The van der Waals surface area contributed by atoms with Crippen LogP contribution in [0.1, 0.15) is 5.69 Å². The number of nitro groups is 1. The van der Waals surface area contributed by atoms with Crippen LogP contribution in [-0.2, 0) is 0 Å². The third kappa shape index (κ3) is 4.12. The topological polar surface area (TPSA) is 170 Å². The van der Waals surface area contributed by atoms with Crippen molar-refractivity contribution in [2.45, 2.75) is 6.92 Å². The number of hydrogen-bond acceptors (Lipinski definition) is 8. The molecular weight excluding hydrogens is 426 g/mol. The lowest BCUT2D eigenvalue weighted by atomic mass is 10.1. The summed E-state index contributed by atoms with van der Waals surface area (Å²) in [5.41, 5.74) is 2.93. The molecule has 5 N–H and O–H groups in total. The number of hydrogen-bond donors (Lipinski definition) is 5. The van der Waals surface area contributed by atoms with Crippen molar-refractivity contribution >= 4 is 39.9 Å². The number of nitrogens with one attached hydrogen (secondary N) is 5. The van der Waals surface area contributed by atoms with Crippen LogP contribution in [0, 0.1) is 17.0 Å². The number of aromatic nitrogens is 6. The number of anilines is 4.